The second-order valence-electron chi connectivity index (χ2n) is 10.2. The third-order valence-corrected chi connectivity index (χ3v) is 8.68. The van der Waals surface area contributed by atoms with Crippen molar-refractivity contribution >= 4 is 43.1 Å². The van der Waals surface area contributed by atoms with E-state index in [4.69, 9.17) is 18.4 Å². The van der Waals surface area contributed by atoms with Crippen molar-refractivity contribution < 1.29 is 44.4 Å². The van der Waals surface area contributed by atoms with Crippen LogP contribution >= 0.6 is 0 Å². The summed E-state index contributed by atoms with van der Waals surface area (Å²) in [5.74, 6) is 1.31. The first-order valence-corrected chi connectivity index (χ1v) is 16.9. The van der Waals surface area contributed by atoms with E-state index in [0.717, 1.165) is 22.3 Å². The fraction of sp³-hybridized carbons (Fsp3) is 0.300. The van der Waals surface area contributed by atoms with Crippen molar-refractivity contribution in [1.29, 1.82) is 0 Å². The monoisotopic (exact) mass is 628 g/mol. The maximum Gasteiger partial charge on any atom is 0.379 e. The minimum atomic E-state index is -4.33. The van der Waals surface area contributed by atoms with E-state index in [1.165, 1.54) is 0 Å². The molecule has 0 saturated carbocycles. The maximum absolute atomic E-state index is 11.2. The molecule has 2 heterocycles. The molecule has 0 unspecified atom stereocenters. The normalized spacial score (nSPS) is 14.3. The molecule has 1 aromatic heterocycles. The average molecular weight is 629 g/mol. The molecule has 1 aliphatic rings. The van der Waals surface area contributed by atoms with Gasteiger partial charge >= 0.3 is 5.89 Å². The predicted octanol–water partition coefficient (Wildman–Crippen LogP) is 4.59. The Morgan fingerprint density at radius 3 is 2.42 bits per heavy atom. The molecule has 1 aliphatic heterocycles. The van der Waals surface area contributed by atoms with Crippen LogP contribution in [0.2, 0.25) is 0 Å². The first-order valence-electron chi connectivity index (χ1n) is 13.8. The number of nitrogens with zero attached hydrogens (tertiary/aromatic N) is 2. The number of hydrogen-bond acceptors (Lipinski definition) is 9. The fourth-order valence-electron chi connectivity index (χ4n) is 5.00. The number of unbranched alkanes of at least 4 members (excludes halogenated alkanes) is 2. The lowest BCUT2D eigenvalue weighted by Gasteiger charge is -2.18. The third kappa shape index (κ3) is 7.73. The van der Waals surface area contributed by atoms with Crippen molar-refractivity contribution in [1.82, 2.24) is 0 Å². The Labute approximate surface area is 250 Å². The summed E-state index contributed by atoms with van der Waals surface area (Å²) in [6, 6.07) is 21.1. The SMILES string of the molecule is COc1ccc2oc(/C=C3\Oc4ccc(-c5ccccc5)cc4N3CCCCS(=O)(=O)[O-])[n+](CCCCS(=O)(=O)O)c2c1. The summed E-state index contributed by atoms with van der Waals surface area (Å²) in [4.78, 5) is 1.93. The van der Waals surface area contributed by atoms with Crippen LogP contribution in [0.25, 0.3) is 28.3 Å². The Balaban J connectivity index is 1.51. The number of fused-ring (bicyclic) bond motifs is 2. The molecule has 0 bridgehead atoms. The number of rotatable bonds is 13. The molecule has 3 aromatic carbocycles. The smallest absolute Gasteiger partial charge is 0.379 e. The Bertz CT molecular complexity index is 1850. The molecule has 0 saturated heterocycles. The van der Waals surface area contributed by atoms with Crippen molar-refractivity contribution in [2.45, 2.75) is 32.2 Å². The minimum absolute atomic E-state index is 0.196. The van der Waals surface area contributed by atoms with Crippen LogP contribution in [0.5, 0.6) is 11.5 Å². The van der Waals surface area contributed by atoms with Crippen LogP contribution in [0.15, 0.2) is 77.0 Å². The van der Waals surface area contributed by atoms with Gasteiger partial charge in [0.15, 0.2) is 12.3 Å². The minimum Gasteiger partial charge on any atom is -0.748 e. The molecule has 0 spiro atoms. The first-order chi connectivity index (χ1) is 20.5. The number of ether oxygens (including phenoxy) is 2. The van der Waals surface area contributed by atoms with Gasteiger partial charge < -0.3 is 23.3 Å². The number of anilines is 1. The zero-order valence-corrected chi connectivity index (χ0v) is 25.1. The summed E-state index contributed by atoms with van der Waals surface area (Å²) in [6.45, 7) is 0.774. The second-order valence-corrected chi connectivity index (χ2v) is 13.3. The highest BCUT2D eigenvalue weighted by Crippen LogP contribution is 2.42. The number of aromatic nitrogens is 1. The Morgan fingerprint density at radius 1 is 0.930 bits per heavy atom. The van der Waals surface area contributed by atoms with Crippen LogP contribution in [-0.4, -0.2) is 51.1 Å². The van der Waals surface area contributed by atoms with E-state index in [0.29, 0.717) is 54.8 Å². The number of hydrogen-bond donors (Lipinski definition) is 1. The van der Waals surface area contributed by atoms with Gasteiger partial charge in [-0.1, -0.05) is 36.4 Å². The molecule has 0 aliphatic carbocycles. The molecule has 11 nitrogen and oxygen atoms in total. The van der Waals surface area contributed by atoms with Crippen LogP contribution in [-0.2, 0) is 26.8 Å². The van der Waals surface area contributed by atoms with E-state index in [1.54, 1.807) is 25.3 Å². The van der Waals surface area contributed by atoms with E-state index in [2.05, 4.69) is 0 Å². The molecule has 0 fully saturated rings. The molecule has 228 valence electrons. The molecule has 0 atom stereocenters. The molecule has 4 aromatic rings. The lowest BCUT2D eigenvalue weighted by molar-refractivity contribution is -0.678. The van der Waals surface area contributed by atoms with Gasteiger partial charge in [0.05, 0.1) is 34.7 Å². The molecule has 5 rings (SSSR count). The van der Waals surface area contributed by atoms with Crippen molar-refractivity contribution in [3.05, 3.63) is 78.5 Å². The van der Waals surface area contributed by atoms with E-state index < -0.39 is 26.0 Å². The van der Waals surface area contributed by atoms with Gasteiger partial charge in [-0.05, 0) is 54.7 Å². The Morgan fingerprint density at radius 2 is 1.70 bits per heavy atom. The molecule has 0 radical (unpaired) electrons. The average Bonchev–Trinajstić information content (AvgIpc) is 3.48. The summed E-state index contributed by atoms with van der Waals surface area (Å²) < 4.78 is 85.0. The zero-order chi connectivity index (χ0) is 30.6. The second kappa shape index (κ2) is 12.8. The molecule has 0 amide bonds. The van der Waals surface area contributed by atoms with Crippen LogP contribution in [0.3, 0.4) is 0 Å². The highest BCUT2D eigenvalue weighted by molar-refractivity contribution is 7.85. The predicted molar refractivity (Wildman–Crippen MR) is 160 cm³/mol. The number of aryl methyl sites for hydroxylation is 1. The zero-order valence-electron chi connectivity index (χ0n) is 23.5. The van der Waals surface area contributed by atoms with Crippen LogP contribution < -0.4 is 18.9 Å². The highest BCUT2D eigenvalue weighted by atomic mass is 32.2. The van der Waals surface area contributed by atoms with Crippen LogP contribution in [0.4, 0.5) is 5.69 Å². The third-order valence-electron chi connectivity index (χ3n) is 7.08. The number of methoxy groups -OCH3 is 1. The Kier molecular flexibility index (Phi) is 9.06. The Hall–Kier alpha value is -3.91. The molecule has 13 heteroatoms. The van der Waals surface area contributed by atoms with Crippen LogP contribution in [0, 0.1) is 0 Å². The van der Waals surface area contributed by atoms with Gasteiger partial charge in [0.1, 0.15) is 11.8 Å². The van der Waals surface area contributed by atoms with E-state index in [1.807, 2.05) is 64.1 Å². The van der Waals surface area contributed by atoms with E-state index >= 15 is 0 Å². The van der Waals surface area contributed by atoms with Gasteiger partial charge in [-0.25, -0.2) is 8.42 Å². The highest BCUT2D eigenvalue weighted by Gasteiger charge is 2.30. The van der Waals surface area contributed by atoms with Crippen molar-refractivity contribution in [3.8, 4) is 22.6 Å². The molecule has 1 N–H and O–H groups in total. The number of oxazole rings is 1. The largest absolute Gasteiger partial charge is 0.748 e. The van der Waals surface area contributed by atoms with E-state index in [-0.39, 0.29) is 18.6 Å². The van der Waals surface area contributed by atoms with Gasteiger partial charge in [-0.3, -0.25) is 4.55 Å². The van der Waals surface area contributed by atoms with Gasteiger partial charge in [0, 0.05) is 18.7 Å². The maximum atomic E-state index is 11.2. The van der Waals surface area contributed by atoms with Gasteiger partial charge in [-0.2, -0.15) is 13.0 Å². The first kappa shape index (κ1) is 30.5. The fourth-order valence-corrected chi connectivity index (χ4v) is 6.13. The summed E-state index contributed by atoms with van der Waals surface area (Å²) >= 11 is 0. The number of benzene rings is 3. The molecular weight excluding hydrogens is 596 g/mol. The van der Waals surface area contributed by atoms with Crippen LogP contribution in [0.1, 0.15) is 31.6 Å². The van der Waals surface area contributed by atoms with Gasteiger partial charge in [0.2, 0.25) is 11.5 Å². The van der Waals surface area contributed by atoms with Crippen molar-refractivity contribution in [2.75, 3.05) is 30.1 Å². The summed E-state index contributed by atoms with van der Waals surface area (Å²) in [5, 5.41) is 0. The topological polar surface area (TPSA) is 150 Å². The lowest BCUT2D eigenvalue weighted by Crippen LogP contribution is -2.36. The molecular formula is C30H32N2O9S2. The van der Waals surface area contributed by atoms with E-state index in [9.17, 15) is 21.4 Å². The quantitative estimate of drug-likeness (QED) is 0.127. The molecule has 43 heavy (non-hydrogen) atoms. The van der Waals surface area contributed by atoms with Crippen molar-refractivity contribution in [3.63, 3.8) is 0 Å². The van der Waals surface area contributed by atoms with Gasteiger partial charge in [0.25, 0.3) is 15.6 Å². The van der Waals surface area contributed by atoms with Crippen molar-refractivity contribution in [2.24, 2.45) is 0 Å². The lowest BCUT2D eigenvalue weighted by atomic mass is 10.0. The van der Waals surface area contributed by atoms with Gasteiger partial charge in [-0.15, -0.1) is 0 Å². The summed E-state index contributed by atoms with van der Waals surface area (Å²) in [6.07, 6.45) is 3.05. The standard InChI is InChI=1S/C30H32N2O9S2/c1-39-24-12-14-28-26(20-24)32(16-6-8-18-43(36,37)38)30(41-28)21-29-31(15-5-7-17-42(33,34)35)25-19-23(11-13-27(25)40-29)22-9-3-2-4-10-22/h2-4,9-14,19-21H,5-8,15-18H2,1H3,(H-,33,34,35,36,37,38). The summed E-state index contributed by atoms with van der Waals surface area (Å²) in [5.41, 5.74) is 4.09. The summed E-state index contributed by atoms with van der Waals surface area (Å²) in [7, 11) is -6.85.